The van der Waals surface area contributed by atoms with Gasteiger partial charge in [-0.05, 0) is 44.3 Å². The van der Waals surface area contributed by atoms with E-state index in [-0.39, 0.29) is 5.91 Å². The molecule has 0 aliphatic heterocycles. The van der Waals surface area contributed by atoms with E-state index in [0.29, 0.717) is 46.7 Å². The molecule has 0 spiro atoms. The Balaban J connectivity index is 2.00. The van der Waals surface area contributed by atoms with Crippen LogP contribution >= 0.6 is 15.9 Å². The van der Waals surface area contributed by atoms with Gasteiger partial charge in [-0.15, -0.1) is 0 Å². The van der Waals surface area contributed by atoms with Crippen molar-refractivity contribution in [2.75, 3.05) is 36.9 Å². The van der Waals surface area contributed by atoms with Crippen LogP contribution in [0.1, 0.15) is 26.3 Å². The molecular formula is C26H28BrN5O2. The fourth-order valence-electron chi connectivity index (χ4n) is 3.49. The molecule has 0 unspecified atom stereocenters. The van der Waals surface area contributed by atoms with Crippen molar-refractivity contribution in [2.24, 2.45) is 0 Å². The lowest BCUT2D eigenvalue weighted by Crippen LogP contribution is -2.23. The molecule has 0 saturated carbocycles. The van der Waals surface area contributed by atoms with Crippen molar-refractivity contribution >= 4 is 49.8 Å². The molecule has 7 nitrogen and oxygen atoms in total. The zero-order valence-electron chi connectivity index (χ0n) is 19.6. The molecule has 0 radical (unpaired) electrons. The minimum absolute atomic E-state index is 0.252. The third-order valence-corrected chi connectivity index (χ3v) is 5.76. The van der Waals surface area contributed by atoms with E-state index in [1.165, 1.54) is 12.3 Å². The van der Waals surface area contributed by atoms with Gasteiger partial charge in [0.2, 0.25) is 5.91 Å². The SMILES string of the molecule is CCOc1cc2ncc(C#N)c(Nc3cccc(Br)c3)c2cc1NC(=O)/C=C/CN(CC)CC. The lowest BCUT2D eigenvalue weighted by Gasteiger charge is -2.16. The Morgan fingerprint density at radius 1 is 1.24 bits per heavy atom. The molecule has 3 rings (SSSR count). The van der Waals surface area contributed by atoms with Gasteiger partial charge in [-0.1, -0.05) is 41.9 Å². The maximum atomic E-state index is 12.6. The molecule has 0 aliphatic carbocycles. The topological polar surface area (TPSA) is 90.3 Å². The van der Waals surface area contributed by atoms with E-state index >= 15 is 0 Å². The van der Waals surface area contributed by atoms with Crippen molar-refractivity contribution in [3.05, 3.63) is 64.8 Å². The fourth-order valence-corrected chi connectivity index (χ4v) is 3.89. The summed E-state index contributed by atoms with van der Waals surface area (Å²) in [6.07, 6.45) is 4.91. The number of carbonyl (C=O) groups excluding carboxylic acids is 1. The number of carbonyl (C=O) groups is 1. The second kappa shape index (κ2) is 12.2. The summed E-state index contributed by atoms with van der Waals surface area (Å²) >= 11 is 3.47. The van der Waals surface area contributed by atoms with E-state index in [2.05, 4.69) is 56.4 Å². The van der Waals surface area contributed by atoms with Crippen LogP contribution in [0.4, 0.5) is 17.1 Å². The molecule has 0 bridgehead atoms. The van der Waals surface area contributed by atoms with Crippen LogP contribution in [0.3, 0.4) is 0 Å². The number of likely N-dealkylation sites (N-methyl/N-ethyl adjacent to an activating group) is 1. The first-order valence-electron chi connectivity index (χ1n) is 11.2. The van der Waals surface area contributed by atoms with E-state index < -0.39 is 0 Å². The molecule has 0 fully saturated rings. The largest absolute Gasteiger partial charge is 0.492 e. The lowest BCUT2D eigenvalue weighted by molar-refractivity contribution is -0.111. The average Bonchev–Trinajstić information content (AvgIpc) is 2.83. The Kier molecular flexibility index (Phi) is 9.02. The number of halogens is 1. The number of fused-ring (bicyclic) bond motifs is 1. The summed E-state index contributed by atoms with van der Waals surface area (Å²) in [6.45, 7) is 9.03. The maximum absolute atomic E-state index is 12.6. The molecule has 0 aliphatic rings. The highest BCUT2D eigenvalue weighted by molar-refractivity contribution is 9.10. The maximum Gasteiger partial charge on any atom is 0.248 e. The summed E-state index contributed by atoms with van der Waals surface area (Å²) in [6, 6.07) is 13.4. The molecule has 2 N–H and O–H groups in total. The molecular weight excluding hydrogens is 494 g/mol. The molecule has 8 heteroatoms. The quantitative estimate of drug-likeness (QED) is 0.325. The normalized spacial score (nSPS) is 11.1. The number of hydrogen-bond donors (Lipinski definition) is 2. The van der Waals surface area contributed by atoms with Crippen molar-refractivity contribution < 1.29 is 9.53 Å². The molecule has 1 aromatic heterocycles. The minimum atomic E-state index is -0.252. The first-order chi connectivity index (χ1) is 16.5. The van der Waals surface area contributed by atoms with E-state index in [1.807, 2.05) is 37.3 Å². The van der Waals surface area contributed by atoms with E-state index in [0.717, 1.165) is 23.2 Å². The van der Waals surface area contributed by atoms with Crippen LogP contribution < -0.4 is 15.4 Å². The number of nitrogens with one attached hydrogen (secondary N) is 2. The first-order valence-corrected chi connectivity index (χ1v) is 12.0. The van der Waals surface area contributed by atoms with Gasteiger partial charge in [0, 0.05) is 40.4 Å². The molecule has 176 valence electrons. The molecule has 0 saturated heterocycles. The van der Waals surface area contributed by atoms with Crippen LogP contribution in [-0.4, -0.2) is 42.0 Å². The fraction of sp³-hybridized carbons (Fsp3) is 0.269. The smallest absolute Gasteiger partial charge is 0.248 e. The molecule has 1 heterocycles. The molecule has 2 aromatic carbocycles. The number of rotatable bonds is 10. The third kappa shape index (κ3) is 6.34. The van der Waals surface area contributed by atoms with Crippen LogP contribution in [0.5, 0.6) is 5.75 Å². The third-order valence-electron chi connectivity index (χ3n) is 5.27. The van der Waals surface area contributed by atoms with Crippen LogP contribution in [0.15, 0.2) is 59.2 Å². The van der Waals surface area contributed by atoms with E-state index in [9.17, 15) is 10.1 Å². The van der Waals surface area contributed by atoms with E-state index in [4.69, 9.17) is 4.74 Å². The van der Waals surface area contributed by atoms with Gasteiger partial charge < -0.3 is 20.3 Å². The minimum Gasteiger partial charge on any atom is -0.492 e. The Bertz CT molecular complexity index is 1230. The van der Waals surface area contributed by atoms with Gasteiger partial charge in [0.1, 0.15) is 11.8 Å². The molecule has 1 amide bonds. The molecule has 34 heavy (non-hydrogen) atoms. The summed E-state index contributed by atoms with van der Waals surface area (Å²) in [7, 11) is 0. The highest BCUT2D eigenvalue weighted by Gasteiger charge is 2.15. The Morgan fingerprint density at radius 3 is 2.71 bits per heavy atom. The number of pyridine rings is 1. The number of nitrogens with zero attached hydrogens (tertiary/aromatic N) is 3. The number of aromatic nitrogens is 1. The Labute approximate surface area is 208 Å². The predicted octanol–water partition coefficient (Wildman–Crippen LogP) is 5.85. The highest BCUT2D eigenvalue weighted by Crippen LogP contribution is 2.36. The number of nitriles is 1. The number of ether oxygens (including phenoxy) is 1. The van der Waals surface area contributed by atoms with Crippen molar-refractivity contribution in [3.63, 3.8) is 0 Å². The Morgan fingerprint density at radius 2 is 2.03 bits per heavy atom. The lowest BCUT2D eigenvalue weighted by atomic mass is 10.1. The summed E-state index contributed by atoms with van der Waals surface area (Å²) in [5.41, 5.74) is 2.99. The molecule has 0 atom stereocenters. The first kappa shape index (κ1) is 25.2. The van der Waals surface area contributed by atoms with Crippen molar-refractivity contribution in [2.45, 2.75) is 20.8 Å². The van der Waals surface area contributed by atoms with Crippen LogP contribution in [0.25, 0.3) is 10.9 Å². The van der Waals surface area contributed by atoms with Gasteiger partial charge in [-0.25, -0.2) is 0 Å². The zero-order chi connectivity index (χ0) is 24.5. The van der Waals surface area contributed by atoms with Crippen molar-refractivity contribution in [1.82, 2.24) is 9.88 Å². The van der Waals surface area contributed by atoms with Crippen molar-refractivity contribution in [3.8, 4) is 11.8 Å². The summed E-state index contributed by atoms with van der Waals surface area (Å²) in [4.78, 5) is 19.3. The van der Waals surface area contributed by atoms with Crippen molar-refractivity contribution in [1.29, 1.82) is 5.26 Å². The van der Waals surface area contributed by atoms with Crippen LogP contribution in [0, 0.1) is 11.3 Å². The Hall–Kier alpha value is -3.41. The number of amides is 1. The average molecular weight is 522 g/mol. The van der Waals surface area contributed by atoms with E-state index in [1.54, 1.807) is 12.1 Å². The van der Waals surface area contributed by atoms with Gasteiger partial charge in [0.05, 0.1) is 29.1 Å². The standard InChI is InChI=1S/C26H28BrN5O2/c1-4-32(5-2)12-8-11-25(33)31-23-14-21-22(15-24(23)34-6-3)29-17-18(16-28)26(21)30-20-10-7-9-19(27)13-20/h7-11,13-15,17H,4-6,12H2,1-3H3,(H,29,30)(H,31,33)/b11-8+. The van der Waals surface area contributed by atoms with Crippen LogP contribution in [0.2, 0.25) is 0 Å². The van der Waals surface area contributed by atoms with Gasteiger partial charge in [-0.2, -0.15) is 5.26 Å². The number of hydrogen-bond acceptors (Lipinski definition) is 6. The van der Waals surface area contributed by atoms with Gasteiger partial charge in [0.15, 0.2) is 0 Å². The summed E-state index contributed by atoms with van der Waals surface area (Å²) in [5.74, 6) is 0.268. The number of anilines is 3. The van der Waals surface area contributed by atoms with Gasteiger partial charge in [-0.3, -0.25) is 9.78 Å². The summed E-state index contributed by atoms with van der Waals surface area (Å²) < 4.78 is 6.69. The van der Waals surface area contributed by atoms with Gasteiger partial charge in [0.25, 0.3) is 0 Å². The predicted molar refractivity (Wildman–Crippen MR) is 141 cm³/mol. The monoisotopic (exact) mass is 521 g/mol. The number of benzene rings is 2. The van der Waals surface area contributed by atoms with Crippen LogP contribution in [-0.2, 0) is 4.79 Å². The molecule has 3 aromatic rings. The second-order valence-electron chi connectivity index (χ2n) is 7.47. The highest BCUT2D eigenvalue weighted by atomic mass is 79.9. The van der Waals surface area contributed by atoms with Gasteiger partial charge >= 0.3 is 0 Å². The zero-order valence-corrected chi connectivity index (χ0v) is 21.1. The second-order valence-corrected chi connectivity index (χ2v) is 8.39. The summed E-state index contributed by atoms with van der Waals surface area (Å²) in [5, 5.41) is 16.7.